The molecule has 1 aromatic rings. The van der Waals surface area contributed by atoms with Crippen molar-refractivity contribution in [3.63, 3.8) is 0 Å². The summed E-state index contributed by atoms with van der Waals surface area (Å²) in [5.74, 6) is -1.43. The molecule has 100 valence electrons. The summed E-state index contributed by atoms with van der Waals surface area (Å²) in [6, 6.07) is 0.637. The molecule has 0 radical (unpaired) electrons. The van der Waals surface area contributed by atoms with Crippen LogP contribution >= 0.6 is 15.9 Å². The molecule has 0 spiro atoms. The molecular weight excluding hydrogens is 329 g/mol. The second kappa shape index (κ2) is 5.17. The fraction of sp³-hybridized carbons (Fsp3) is 0.333. The lowest BCUT2D eigenvalue weighted by molar-refractivity contribution is -0.142. The highest BCUT2D eigenvalue weighted by atomic mass is 79.9. The number of hydrogen-bond acceptors (Lipinski definition) is 2. The Bertz CT molecular complexity index is 475. The number of nitrogens with zero attached hydrogens (tertiary/aromatic N) is 1. The van der Waals surface area contributed by atoms with Crippen molar-refractivity contribution in [2.24, 2.45) is 0 Å². The van der Waals surface area contributed by atoms with E-state index in [1.165, 1.54) is 0 Å². The number of hydrogen-bond donors (Lipinski definition) is 1. The van der Waals surface area contributed by atoms with Crippen molar-refractivity contribution in [2.75, 3.05) is 0 Å². The third-order valence-electron chi connectivity index (χ3n) is 1.89. The van der Waals surface area contributed by atoms with Gasteiger partial charge in [-0.3, -0.25) is 4.79 Å². The first-order valence-electron chi connectivity index (χ1n) is 4.39. The zero-order valence-corrected chi connectivity index (χ0v) is 10.0. The van der Waals surface area contributed by atoms with Crippen LogP contribution in [-0.2, 0) is 17.4 Å². The van der Waals surface area contributed by atoms with Gasteiger partial charge in [0.05, 0.1) is 10.9 Å². The number of aromatic nitrogens is 1. The third-order valence-corrected chi connectivity index (χ3v) is 2.77. The van der Waals surface area contributed by atoms with Crippen LogP contribution in [0.3, 0.4) is 0 Å². The molecular formula is C9H5BrF5NO2. The normalized spacial score (nSPS) is 11.9. The SMILES string of the molecule is O=C(O)Cc1cc(C(F)F)nc(C(F)(F)F)c1Br. The van der Waals surface area contributed by atoms with Crippen LogP contribution in [0.4, 0.5) is 22.0 Å². The molecule has 3 nitrogen and oxygen atoms in total. The Hall–Kier alpha value is -1.25. The number of rotatable bonds is 3. The maximum absolute atomic E-state index is 12.5. The minimum Gasteiger partial charge on any atom is -0.481 e. The number of pyridine rings is 1. The zero-order chi connectivity index (χ0) is 14.1. The molecule has 0 atom stereocenters. The number of carbonyl (C=O) groups is 1. The number of carboxylic acids is 1. The number of carboxylic acid groups (broad SMARTS) is 1. The molecule has 0 aliphatic rings. The van der Waals surface area contributed by atoms with Crippen molar-refractivity contribution in [3.8, 4) is 0 Å². The van der Waals surface area contributed by atoms with Gasteiger partial charge in [-0.2, -0.15) is 13.2 Å². The van der Waals surface area contributed by atoms with Crippen LogP contribution in [-0.4, -0.2) is 16.1 Å². The van der Waals surface area contributed by atoms with Crippen molar-refractivity contribution in [3.05, 3.63) is 27.5 Å². The van der Waals surface area contributed by atoms with Crippen LogP contribution in [0.5, 0.6) is 0 Å². The Kier molecular flexibility index (Phi) is 4.25. The van der Waals surface area contributed by atoms with Gasteiger partial charge in [0.25, 0.3) is 6.43 Å². The van der Waals surface area contributed by atoms with Crippen molar-refractivity contribution in [1.29, 1.82) is 0 Å². The van der Waals surface area contributed by atoms with Crippen molar-refractivity contribution < 1.29 is 31.9 Å². The summed E-state index contributed by atoms with van der Waals surface area (Å²) >= 11 is 2.54. The van der Waals surface area contributed by atoms with Crippen molar-refractivity contribution in [1.82, 2.24) is 4.98 Å². The van der Waals surface area contributed by atoms with Gasteiger partial charge in [0, 0.05) is 0 Å². The number of alkyl halides is 5. The molecule has 0 fully saturated rings. The topological polar surface area (TPSA) is 50.2 Å². The first-order valence-corrected chi connectivity index (χ1v) is 5.18. The predicted octanol–water partition coefficient (Wildman–Crippen LogP) is 3.43. The Morgan fingerprint density at radius 2 is 2.00 bits per heavy atom. The van der Waals surface area contributed by atoms with E-state index in [2.05, 4.69) is 20.9 Å². The van der Waals surface area contributed by atoms with Crippen LogP contribution in [0, 0.1) is 0 Å². The highest BCUT2D eigenvalue weighted by Gasteiger charge is 2.37. The Labute approximate surface area is 106 Å². The lowest BCUT2D eigenvalue weighted by Gasteiger charge is -2.13. The second-order valence-electron chi connectivity index (χ2n) is 3.24. The summed E-state index contributed by atoms with van der Waals surface area (Å²) < 4.78 is 61.7. The molecule has 0 aliphatic heterocycles. The van der Waals surface area contributed by atoms with Gasteiger partial charge < -0.3 is 5.11 Å². The fourth-order valence-corrected chi connectivity index (χ4v) is 1.76. The number of aliphatic carboxylic acids is 1. The summed E-state index contributed by atoms with van der Waals surface area (Å²) in [6.45, 7) is 0. The Morgan fingerprint density at radius 3 is 2.39 bits per heavy atom. The van der Waals surface area contributed by atoms with E-state index in [9.17, 15) is 26.7 Å². The van der Waals surface area contributed by atoms with E-state index in [4.69, 9.17) is 5.11 Å². The monoisotopic (exact) mass is 333 g/mol. The average Bonchev–Trinajstić information content (AvgIpc) is 2.18. The van der Waals surface area contributed by atoms with E-state index in [0.717, 1.165) is 0 Å². The molecule has 0 amide bonds. The maximum Gasteiger partial charge on any atom is 0.434 e. The quantitative estimate of drug-likeness (QED) is 0.862. The van der Waals surface area contributed by atoms with Gasteiger partial charge >= 0.3 is 12.1 Å². The standard InChI is InChI=1S/C9H5BrF5NO2/c10-6-3(2-5(17)18)1-4(8(11)12)16-7(6)9(13,14)15/h1,8H,2H2,(H,17,18). The zero-order valence-electron chi connectivity index (χ0n) is 8.43. The first-order chi connectivity index (χ1) is 8.12. The smallest absolute Gasteiger partial charge is 0.434 e. The van der Waals surface area contributed by atoms with E-state index >= 15 is 0 Å². The van der Waals surface area contributed by atoms with E-state index in [1.807, 2.05) is 0 Å². The summed E-state index contributed by atoms with van der Waals surface area (Å²) in [7, 11) is 0. The van der Waals surface area contributed by atoms with Gasteiger partial charge in [-0.1, -0.05) is 0 Å². The molecule has 0 saturated carbocycles. The van der Waals surface area contributed by atoms with Crippen LogP contribution < -0.4 is 0 Å². The Morgan fingerprint density at radius 1 is 1.44 bits per heavy atom. The minimum atomic E-state index is -4.95. The molecule has 18 heavy (non-hydrogen) atoms. The summed E-state index contributed by atoms with van der Waals surface area (Å²) in [6.07, 6.45) is -8.98. The maximum atomic E-state index is 12.5. The summed E-state index contributed by atoms with van der Waals surface area (Å²) in [5.41, 5.74) is -3.07. The van der Waals surface area contributed by atoms with Crippen LogP contribution in [0.2, 0.25) is 0 Å². The van der Waals surface area contributed by atoms with Gasteiger partial charge in [-0.25, -0.2) is 13.8 Å². The van der Waals surface area contributed by atoms with Crippen molar-refractivity contribution >= 4 is 21.9 Å². The lowest BCUT2D eigenvalue weighted by Crippen LogP contribution is -2.14. The molecule has 0 saturated heterocycles. The van der Waals surface area contributed by atoms with E-state index in [0.29, 0.717) is 6.07 Å². The molecule has 1 rings (SSSR count). The van der Waals surface area contributed by atoms with Crippen LogP contribution in [0.25, 0.3) is 0 Å². The van der Waals surface area contributed by atoms with Crippen LogP contribution in [0.15, 0.2) is 10.5 Å². The van der Waals surface area contributed by atoms with Crippen LogP contribution in [0.1, 0.15) is 23.4 Å². The highest BCUT2D eigenvalue weighted by molar-refractivity contribution is 9.10. The highest BCUT2D eigenvalue weighted by Crippen LogP contribution is 2.37. The number of halogens is 6. The van der Waals surface area contributed by atoms with Crippen molar-refractivity contribution in [2.45, 2.75) is 19.0 Å². The molecule has 9 heteroatoms. The molecule has 0 aromatic carbocycles. The van der Waals surface area contributed by atoms with Gasteiger partial charge in [-0.05, 0) is 27.6 Å². The average molecular weight is 334 g/mol. The van der Waals surface area contributed by atoms with E-state index < -0.39 is 46.4 Å². The fourth-order valence-electron chi connectivity index (χ4n) is 1.20. The van der Waals surface area contributed by atoms with Gasteiger partial charge in [-0.15, -0.1) is 0 Å². The predicted molar refractivity (Wildman–Crippen MR) is 53.2 cm³/mol. The molecule has 1 aromatic heterocycles. The van der Waals surface area contributed by atoms with Gasteiger partial charge in [0.2, 0.25) is 0 Å². The van der Waals surface area contributed by atoms with E-state index in [1.54, 1.807) is 0 Å². The first kappa shape index (κ1) is 14.8. The lowest BCUT2D eigenvalue weighted by atomic mass is 10.1. The van der Waals surface area contributed by atoms with Gasteiger partial charge in [0.1, 0.15) is 5.69 Å². The Balaban J connectivity index is 3.43. The molecule has 1 N–H and O–H groups in total. The third kappa shape index (κ3) is 3.37. The van der Waals surface area contributed by atoms with Gasteiger partial charge in [0.15, 0.2) is 5.69 Å². The molecule has 0 unspecified atom stereocenters. The molecule has 1 heterocycles. The summed E-state index contributed by atoms with van der Waals surface area (Å²) in [5, 5.41) is 8.50. The van der Waals surface area contributed by atoms with E-state index in [-0.39, 0.29) is 0 Å². The summed E-state index contributed by atoms with van der Waals surface area (Å²) in [4.78, 5) is 13.2. The molecule has 0 aliphatic carbocycles. The molecule has 0 bridgehead atoms. The largest absolute Gasteiger partial charge is 0.481 e. The minimum absolute atomic E-state index is 0.403. The second-order valence-corrected chi connectivity index (χ2v) is 4.03.